The minimum atomic E-state index is -0.685. The molecule has 0 fully saturated rings. The summed E-state index contributed by atoms with van der Waals surface area (Å²) in [6.45, 7) is 0. The Morgan fingerprint density at radius 2 is 1.75 bits per heavy atom. The predicted molar refractivity (Wildman–Crippen MR) is 43.1 cm³/mol. The maximum absolute atomic E-state index is 11.1. The molecule has 6 heteroatoms. The van der Waals surface area contributed by atoms with Crippen LogP contribution >= 0.6 is 0 Å². The van der Waals surface area contributed by atoms with Crippen LogP contribution in [0.1, 0.15) is 0 Å². The average Bonchev–Trinajstić information content (AvgIpc) is 2.08. The van der Waals surface area contributed by atoms with E-state index in [0.717, 1.165) is 9.13 Å². The molecule has 0 aliphatic rings. The molecule has 0 bridgehead atoms. The summed E-state index contributed by atoms with van der Waals surface area (Å²) in [6.07, 6.45) is 0. The Balaban J connectivity index is 3.86. The normalized spacial score (nSPS) is 10.2. The molecule has 0 unspecified atom stereocenters. The molecular weight excluding hydrogens is 160 g/mol. The SMILES string of the molecule is Cn1c([N])c(N)c(=O)n(C)c1=O. The van der Waals surface area contributed by atoms with Crippen LogP contribution in [-0.4, -0.2) is 9.13 Å². The molecule has 0 saturated heterocycles. The molecular formula is C6H8N4O2. The van der Waals surface area contributed by atoms with E-state index >= 15 is 0 Å². The van der Waals surface area contributed by atoms with Crippen LogP contribution in [0, 0.1) is 0 Å². The van der Waals surface area contributed by atoms with Gasteiger partial charge in [-0.15, -0.1) is 5.73 Å². The van der Waals surface area contributed by atoms with E-state index in [4.69, 9.17) is 11.5 Å². The smallest absolute Gasteiger partial charge is 0.332 e. The van der Waals surface area contributed by atoms with E-state index in [1.165, 1.54) is 14.1 Å². The third-order valence-electron chi connectivity index (χ3n) is 1.67. The van der Waals surface area contributed by atoms with Crippen molar-refractivity contribution in [2.45, 2.75) is 0 Å². The minimum absolute atomic E-state index is 0.320. The highest BCUT2D eigenvalue weighted by atomic mass is 16.2. The van der Waals surface area contributed by atoms with Crippen LogP contribution in [-0.2, 0) is 14.1 Å². The van der Waals surface area contributed by atoms with Gasteiger partial charge in [0.25, 0.3) is 5.56 Å². The second-order valence-electron chi connectivity index (χ2n) is 2.44. The lowest BCUT2D eigenvalue weighted by Crippen LogP contribution is -2.38. The van der Waals surface area contributed by atoms with Crippen LogP contribution in [0.5, 0.6) is 0 Å². The van der Waals surface area contributed by atoms with E-state index in [1.807, 2.05) is 0 Å². The number of hydrogen-bond acceptors (Lipinski definition) is 3. The van der Waals surface area contributed by atoms with Gasteiger partial charge in [-0.25, -0.2) is 4.79 Å². The summed E-state index contributed by atoms with van der Waals surface area (Å²) in [5.41, 5.74) is 12.7. The van der Waals surface area contributed by atoms with Crippen molar-refractivity contribution in [3.63, 3.8) is 0 Å². The molecule has 0 amide bonds. The van der Waals surface area contributed by atoms with Crippen LogP contribution in [0.4, 0.5) is 11.5 Å². The van der Waals surface area contributed by atoms with Gasteiger partial charge in [0.2, 0.25) is 0 Å². The van der Waals surface area contributed by atoms with Crippen LogP contribution < -0.4 is 22.7 Å². The number of hydrogen-bond donors (Lipinski definition) is 1. The highest BCUT2D eigenvalue weighted by Crippen LogP contribution is 2.04. The predicted octanol–water partition coefficient (Wildman–Crippen LogP) is -1.63. The van der Waals surface area contributed by atoms with Gasteiger partial charge in [-0.3, -0.25) is 13.9 Å². The second kappa shape index (κ2) is 2.40. The first-order valence-electron chi connectivity index (χ1n) is 3.21. The summed E-state index contributed by atoms with van der Waals surface area (Å²) < 4.78 is 1.73. The number of aromatic nitrogens is 2. The molecule has 1 aromatic heterocycles. The maximum atomic E-state index is 11.1. The molecule has 1 rings (SSSR count). The van der Waals surface area contributed by atoms with E-state index in [1.54, 1.807) is 0 Å². The molecule has 0 aliphatic carbocycles. The van der Waals surface area contributed by atoms with Gasteiger partial charge < -0.3 is 5.73 Å². The van der Waals surface area contributed by atoms with Crippen molar-refractivity contribution in [1.82, 2.24) is 14.9 Å². The van der Waals surface area contributed by atoms with Gasteiger partial charge in [-0.2, -0.15) is 0 Å². The van der Waals surface area contributed by atoms with Crippen molar-refractivity contribution in [1.29, 1.82) is 0 Å². The number of nitrogens with zero attached hydrogens (tertiary/aromatic N) is 3. The summed E-state index contributed by atoms with van der Waals surface area (Å²) in [7, 11) is 2.62. The first kappa shape index (κ1) is 8.38. The van der Waals surface area contributed by atoms with Gasteiger partial charge >= 0.3 is 5.69 Å². The highest BCUT2D eigenvalue weighted by Gasteiger charge is 2.10. The molecule has 0 spiro atoms. The monoisotopic (exact) mass is 168 g/mol. The fourth-order valence-corrected chi connectivity index (χ4v) is 0.859. The van der Waals surface area contributed by atoms with Crippen molar-refractivity contribution in [2.75, 3.05) is 5.73 Å². The molecule has 64 valence electrons. The molecule has 0 atom stereocenters. The van der Waals surface area contributed by atoms with Gasteiger partial charge in [0.1, 0.15) is 5.69 Å². The quantitative estimate of drug-likeness (QED) is 0.503. The van der Waals surface area contributed by atoms with Crippen molar-refractivity contribution in [3.05, 3.63) is 20.8 Å². The van der Waals surface area contributed by atoms with E-state index in [0.29, 0.717) is 0 Å². The summed E-state index contributed by atoms with van der Waals surface area (Å²) in [4.78, 5) is 22.1. The van der Waals surface area contributed by atoms with Crippen molar-refractivity contribution in [2.24, 2.45) is 14.1 Å². The number of anilines is 1. The van der Waals surface area contributed by atoms with Gasteiger partial charge in [-0.05, 0) is 0 Å². The largest absolute Gasteiger partial charge is 0.391 e. The molecule has 12 heavy (non-hydrogen) atoms. The average molecular weight is 168 g/mol. The maximum Gasteiger partial charge on any atom is 0.332 e. The Labute approximate surface area is 68.0 Å². The summed E-state index contributed by atoms with van der Waals surface area (Å²) in [5, 5.41) is 0. The topological polar surface area (TPSA) is 92.3 Å². The van der Waals surface area contributed by atoms with E-state index < -0.39 is 17.1 Å². The van der Waals surface area contributed by atoms with Crippen molar-refractivity contribution < 1.29 is 0 Å². The Bertz CT molecular complexity index is 391. The Hall–Kier alpha value is -1.72. The van der Waals surface area contributed by atoms with E-state index in [9.17, 15) is 9.59 Å². The molecule has 0 saturated carbocycles. The third-order valence-corrected chi connectivity index (χ3v) is 1.67. The van der Waals surface area contributed by atoms with Crippen molar-refractivity contribution in [3.8, 4) is 0 Å². The lowest BCUT2D eigenvalue weighted by Gasteiger charge is -2.04. The molecule has 0 aromatic carbocycles. The number of rotatable bonds is 0. The minimum Gasteiger partial charge on any atom is -0.391 e. The fourth-order valence-electron chi connectivity index (χ4n) is 0.859. The van der Waals surface area contributed by atoms with Gasteiger partial charge in [0, 0.05) is 14.1 Å². The Morgan fingerprint density at radius 1 is 1.25 bits per heavy atom. The molecule has 2 N–H and O–H groups in total. The Morgan fingerprint density at radius 3 is 2.25 bits per heavy atom. The summed E-state index contributed by atoms with van der Waals surface area (Å²) in [5.74, 6) is -0.497. The molecule has 1 aromatic rings. The zero-order chi connectivity index (χ0) is 9.46. The first-order chi connectivity index (χ1) is 5.46. The van der Waals surface area contributed by atoms with Gasteiger partial charge in [0.05, 0.1) is 0 Å². The number of nitrogens with two attached hydrogens (primary N) is 1. The Kier molecular flexibility index (Phi) is 1.68. The number of nitrogen functional groups attached to an aromatic ring is 1. The summed E-state index contributed by atoms with van der Waals surface area (Å²) >= 11 is 0. The van der Waals surface area contributed by atoms with Crippen LogP contribution in [0.3, 0.4) is 0 Å². The van der Waals surface area contributed by atoms with E-state index in [2.05, 4.69) is 0 Å². The molecule has 2 radical (unpaired) electrons. The molecule has 1 heterocycles. The standard InChI is InChI=1S/C6H8N4O2/c1-9-4(8)3(7)5(11)10(2)6(9)12/h7H2,1-2H3. The van der Waals surface area contributed by atoms with Crippen LogP contribution in [0.15, 0.2) is 9.59 Å². The van der Waals surface area contributed by atoms with E-state index in [-0.39, 0.29) is 5.69 Å². The molecule has 6 nitrogen and oxygen atoms in total. The van der Waals surface area contributed by atoms with Gasteiger partial charge in [-0.1, -0.05) is 0 Å². The third kappa shape index (κ3) is 0.884. The lowest BCUT2D eigenvalue weighted by molar-refractivity contribution is 0.690. The first-order valence-corrected chi connectivity index (χ1v) is 3.21. The molecule has 0 aliphatic heterocycles. The van der Waals surface area contributed by atoms with Crippen LogP contribution in [0.25, 0.3) is 0 Å². The lowest BCUT2D eigenvalue weighted by atomic mass is 10.4. The highest BCUT2D eigenvalue weighted by molar-refractivity contribution is 5.53. The summed E-state index contributed by atoms with van der Waals surface area (Å²) in [6, 6.07) is 0. The zero-order valence-electron chi connectivity index (χ0n) is 6.74. The van der Waals surface area contributed by atoms with Gasteiger partial charge in [0.15, 0.2) is 5.82 Å². The van der Waals surface area contributed by atoms with Crippen molar-refractivity contribution >= 4 is 11.5 Å². The zero-order valence-corrected chi connectivity index (χ0v) is 6.74. The second-order valence-corrected chi connectivity index (χ2v) is 2.44. The van der Waals surface area contributed by atoms with Crippen LogP contribution in [0.2, 0.25) is 0 Å². The fraction of sp³-hybridized carbons (Fsp3) is 0.333.